The largest absolute Gasteiger partial charge is 0.321 e. The number of hydrazine groups is 1. The van der Waals surface area contributed by atoms with Gasteiger partial charge in [-0.2, -0.15) is 5.10 Å². The quantitative estimate of drug-likeness (QED) is 0.338. The Hall–Kier alpha value is -1.63. The lowest BCUT2D eigenvalue weighted by Crippen LogP contribution is -2.52. The van der Waals surface area contributed by atoms with Crippen molar-refractivity contribution in [2.75, 3.05) is 39.9 Å². The van der Waals surface area contributed by atoms with Gasteiger partial charge in [-0.3, -0.25) is 9.91 Å². The van der Waals surface area contributed by atoms with E-state index >= 15 is 0 Å². The van der Waals surface area contributed by atoms with Gasteiger partial charge < -0.3 is 10.7 Å². The Labute approximate surface area is 114 Å². The standard InChI is InChI=1S/C13H22N6/c1-17-7-9-18(10-8-17)11-19(15)13(16-14)12-5-3-2-4-6-12/h2-6H,7-11,14-15H2,1H3/b16-13-. The average molecular weight is 262 g/mol. The van der Waals surface area contributed by atoms with Gasteiger partial charge in [0.15, 0.2) is 5.84 Å². The number of amidine groups is 1. The predicted molar refractivity (Wildman–Crippen MR) is 77.1 cm³/mol. The highest BCUT2D eigenvalue weighted by molar-refractivity contribution is 5.98. The minimum atomic E-state index is 0.611. The third-order valence-electron chi connectivity index (χ3n) is 3.37. The summed E-state index contributed by atoms with van der Waals surface area (Å²) >= 11 is 0. The van der Waals surface area contributed by atoms with Crippen LogP contribution in [-0.4, -0.2) is 60.5 Å². The fourth-order valence-corrected chi connectivity index (χ4v) is 2.17. The molecule has 6 heteroatoms. The van der Waals surface area contributed by atoms with Gasteiger partial charge in [0.25, 0.3) is 0 Å². The van der Waals surface area contributed by atoms with E-state index < -0.39 is 0 Å². The van der Waals surface area contributed by atoms with Gasteiger partial charge in [-0.05, 0) is 7.05 Å². The first-order valence-corrected chi connectivity index (χ1v) is 6.47. The summed E-state index contributed by atoms with van der Waals surface area (Å²) in [5.74, 6) is 12.2. The Morgan fingerprint density at radius 2 is 1.84 bits per heavy atom. The van der Waals surface area contributed by atoms with Crippen LogP contribution in [0.15, 0.2) is 35.4 Å². The van der Waals surface area contributed by atoms with Crippen LogP contribution in [0.2, 0.25) is 0 Å². The third kappa shape index (κ3) is 3.66. The van der Waals surface area contributed by atoms with Crippen molar-refractivity contribution in [3.63, 3.8) is 0 Å². The fourth-order valence-electron chi connectivity index (χ4n) is 2.17. The maximum absolute atomic E-state index is 6.09. The van der Waals surface area contributed by atoms with Crippen LogP contribution in [-0.2, 0) is 0 Å². The SMILES string of the molecule is CN1CCN(CN(N)/C(=N\N)c2ccccc2)CC1. The Morgan fingerprint density at radius 1 is 1.21 bits per heavy atom. The van der Waals surface area contributed by atoms with Crippen molar-refractivity contribution in [1.29, 1.82) is 0 Å². The molecule has 1 aliphatic rings. The van der Waals surface area contributed by atoms with E-state index in [4.69, 9.17) is 11.7 Å². The molecule has 0 bridgehead atoms. The van der Waals surface area contributed by atoms with Crippen LogP contribution < -0.4 is 11.7 Å². The number of hydrogen-bond acceptors (Lipinski definition) is 5. The summed E-state index contributed by atoms with van der Waals surface area (Å²) < 4.78 is 0. The molecule has 0 spiro atoms. The third-order valence-corrected chi connectivity index (χ3v) is 3.37. The van der Waals surface area contributed by atoms with Crippen molar-refractivity contribution >= 4 is 5.84 Å². The van der Waals surface area contributed by atoms with Crippen LogP contribution in [0, 0.1) is 0 Å². The molecule has 6 nitrogen and oxygen atoms in total. The molecule has 1 heterocycles. The summed E-state index contributed by atoms with van der Waals surface area (Å²) in [6, 6.07) is 9.76. The van der Waals surface area contributed by atoms with Crippen molar-refractivity contribution in [1.82, 2.24) is 14.8 Å². The predicted octanol–water partition coefficient (Wildman–Crippen LogP) is -0.312. The fraction of sp³-hybridized carbons (Fsp3) is 0.462. The second-order valence-corrected chi connectivity index (χ2v) is 4.85. The Morgan fingerprint density at radius 3 is 2.42 bits per heavy atom. The van der Waals surface area contributed by atoms with Crippen molar-refractivity contribution in [3.8, 4) is 0 Å². The maximum atomic E-state index is 6.09. The lowest BCUT2D eigenvalue weighted by atomic mass is 10.2. The number of rotatable bonds is 3. The van der Waals surface area contributed by atoms with E-state index in [1.165, 1.54) is 0 Å². The molecule has 0 aromatic heterocycles. The molecule has 2 rings (SSSR count). The molecule has 1 aliphatic heterocycles. The highest BCUT2D eigenvalue weighted by Crippen LogP contribution is 2.05. The molecule has 1 aromatic rings. The van der Waals surface area contributed by atoms with Gasteiger partial charge in [-0.15, -0.1) is 0 Å². The first-order valence-electron chi connectivity index (χ1n) is 6.47. The van der Waals surface area contributed by atoms with Crippen LogP contribution in [0.4, 0.5) is 0 Å². The van der Waals surface area contributed by atoms with Crippen molar-refractivity contribution in [3.05, 3.63) is 35.9 Å². The first kappa shape index (κ1) is 13.8. The molecule has 0 saturated carbocycles. The monoisotopic (exact) mass is 262 g/mol. The van der Waals surface area contributed by atoms with Gasteiger partial charge in [-0.25, -0.2) is 5.84 Å². The van der Waals surface area contributed by atoms with Gasteiger partial charge in [-0.1, -0.05) is 30.3 Å². The number of piperazine rings is 1. The summed E-state index contributed by atoms with van der Waals surface area (Å²) in [6.07, 6.45) is 0. The molecular formula is C13H22N6. The smallest absolute Gasteiger partial charge is 0.170 e. The van der Waals surface area contributed by atoms with Gasteiger partial charge in [0.05, 0.1) is 6.67 Å². The topological polar surface area (TPSA) is 74.1 Å². The highest BCUT2D eigenvalue weighted by atomic mass is 15.5. The number of nitrogens with two attached hydrogens (primary N) is 2. The lowest BCUT2D eigenvalue weighted by molar-refractivity contribution is 0.114. The number of hydrazone groups is 1. The summed E-state index contributed by atoms with van der Waals surface area (Å²) in [5, 5.41) is 5.43. The van der Waals surface area contributed by atoms with Gasteiger partial charge in [0, 0.05) is 31.7 Å². The normalized spacial score (nSPS) is 18.5. The van der Waals surface area contributed by atoms with Crippen molar-refractivity contribution < 1.29 is 0 Å². The van der Waals surface area contributed by atoms with E-state index in [-0.39, 0.29) is 0 Å². The zero-order valence-electron chi connectivity index (χ0n) is 11.4. The molecule has 0 unspecified atom stereocenters. The van der Waals surface area contributed by atoms with E-state index in [1.807, 2.05) is 30.3 Å². The second-order valence-electron chi connectivity index (χ2n) is 4.85. The van der Waals surface area contributed by atoms with E-state index in [0.717, 1.165) is 31.7 Å². The molecule has 1 aromatic carbocycles. The van der Waals surface area contributed by atoms with Gasteiger partial charge >= 0.3 is 0 Å². The zero-order chi connectivity index (χ0) is 13.7. The van der Waals surface area contributed by atoms with Crippen molar-refractivity contribution in [2.45, 2.75) is 0 Å². The lowest BCUT2D eigenvalue weighted by Gasteiger charge is -2.35. The summed E-state index contributed by atoms with van der Waals surface area (Å²) in [4.78, 5) is 4.61. The minimum absolute atomic E-state index is 0.611. The van der Waals surface area contributed by atoms with Crippen LogP contribution in [0.5, 0.6) is 0 Å². The number of benzene rings is 1. The molecule has 0 atom stereocenters. The summed E-state index contributed by atoms with van der Waals surface area (Å²) in [7, 11) is 2.13. The minimum Gasteiger partial charge on any atom is -0.321 e. The molecule has 4 N–H and O–H groups in total. The maximum Gasteiger partial charge on any atom is 0.170 e. The van der Waals surface area contributed by atoms with Crippen LogP contribution in [0.25, 0.3) is 0 Å². The van der Waals surface area contributed by atoms with Crippen LogP contribution in [0.3, 0.4) is 0 Å². The molecule has 0 radical (unpaired) electrons. The molecule has 0 amide bonds. The molecule has 1 saturated heterocycles. The Kier molecular flexibility index (Phi) is 4.73. The molecular weight excluding hydrogens is 240 g/mol. The molecule has 19 heavy (non-hydrogen) atoms. The van der Waals surface area contributed by atoms with Crippen LogP contribution in [0.1, 0.15) is 5.56 Å². The zero-order valence-corrected chi connectivity index (χ0v) is 11.4. The summed E-state index contributed by atoms with van der Waals surface area (Å²) in [6.45, 7) is 4.79. The molecule has 0 aliphatic carbocycles. The average Bonchev–Trinajstić information content (AvgIpc) is 2.43. The van der Waals surface area contributed by atoms with Crippen LogP contribution >= 0.6 is 0 Å². The summed E-state index contributed by atoms with van der Waals surface area (Å²) in [5.41, 5.74) is 0.932. The molecule has 104 valence electrons. The van der Waals surface area contributed by atoms with Gasteiger partial charge in [0.1, 0.15) is 0 Å². The first-order chi connectivity index (χ1) is 9.20. The Bertz CT molecular complexity index is 410. The highest BCUT2D eigenvalue weighted by Gasteiger charge is 2.17. The van der Waals surface area contributed by atoms with E-state index in [2.05, 4.69) is 21.9 Å². The van der Waals surface area contributed by atoms with E-state index in [1.54, 1.807) is 5.01 Å². The number of nitrogens with zero attached hydrogens (tertiary/aromatic N) is 4. The van der Waals surface area contributed by atoms with Crippen molar-refractivity contribution in [2.24, 2.45) is 16.8 Å². The van der Waals surface area contributed by atoms with E-state index in [0.29, 0.717) is 12.5 Å². The molecule has 1 fully saturated rings. The Balaban J connectivity index is 1.96. The number of hydrogen-bond donors (Lipinski definition) is 2. The van der Waals surface area contributed by atoms with E-state index in [9.17, 15) is 0 Å². The second kappa shape index (κ2) is 6.51. The number of likely N-dealkylation sites (N-methyl/N-ethyl adjacent to an activating group) is 1. The van der Waals surface area contributed by atoms with Gasteiger partial charge in [0.2, 0.25) is 0 Å².